The summed E-state index contributed by atoms with van der Waals surface area (Å²) in [6, 6.07) is 10.3. The van der Waals surface area contributed by atoms with Crippen LogP contribution in [0.1, 0.15) is 5.56 Å². The summed E-state index contributed by atoms with van der Waals surface area (Å²) in [5.41, 5.74) is 1.17. The summed E-state index contributed by atoms with van der Waals surface area (Å²) >= 11 is 0. The van der Waals surface area contributed by atoms with Gasteiger partial charge in [-0.3, -0.25) is 4.90 Å². The standard InChI is InChI=1S/C14H19NO2/c16-12-14(15-8-10-17-11-9-15)7-6-13-4-2-1-3-5-13/h1-7,14,16H,8-12H2/b7-6+. The van der Waals surface area contributed by atoms with E-state index < -0.39 is 0 Å². The molecule has 92 valence electrons. The van der Waals surface area contributed by atoms with E-state index in [9.17, 15) is 5.11 Å². The van der Waals surface area contributed by atoms with E-state index in [4.69, 9.17) is 4.74 Å². The van der Waals surface area contributed by atoms with Gasteiger partial charge in [0.2, 0.25) is 0 Å². The zero-order chi connectivity index (χ0) is 11.9. The van der Waals surface area contributed by atoms with Crippen molar-refractivity contribution in [2.24, 2.45) is 0 Å². The molecule has 1 aromatic carbocycles. The predicted molar refractivity (Wildman–Crippen MR) is 68.7 cm³/mol. The van der Waals surface area contributed by atoms with Gasteiger partial charge >= 0.3 is 0 Å². The van der Waals surface area contributed by atoms with Gasteiger partial charge in [0.05, 0.1) is 25.9 Å². The van der Waals surface area contributed by atoms with E-state index in [0.717, 1.165) is 26.3 Å². The van der Waals surface area contributed by atoms with Crippen LogP contribution in [0.25, 0.3) is 6.08 Å². The molecule has 3 heteroatoms. The Balaban J connectivity index is 1.96. The van der Waals surface area contributed by atoms with Crippen LogP contribution in [-0.2, 0) is 4.74 Å². The van der Waals surface area contributed by atoms with Gasteiger partial charge in [-0.15, -0.1) is 0 Å². The van der Waals surface area contributed by atoms with Crippen LogP contribution < -0.4 is 0 Å². The van der Waals surface area contributed by atoms with Crippen LogP contribution >= 0.6 is 0 Å². The molecule has 1 unspecified atom stereocenters. The van der Waals surface area contributed by atoms with Crippen LogP contribution in [0.5, 0.6) is 0 Å². The van der Waals surface area contributed by atoms with Crippen molar-refractivity contribution in [3.63, 3.8) is 0 Å². The van der Waals surface area contributed by atoms with Crippen molar-refractivity contribution in [1.82, 2.24) is 4.90 Å². The molecule has 1 fully saturated rings. The summed E-state index contributed by atoms with van der Waals surface area (Å²) in [5.74, 6) is 0. The average molecular weight is 233 g/mol. The molecule has 0 spiro atoms. The van der Waals surface area contributed by atoms with E-state index in [1.165, 1.54) is 5.56 Å². The van der Waals surface area contributed by atoms with Crippen LogP contribution in [0.4, 0.5) is 0 Å². The Morgan fingerprint density at radius 3 is 2.59 bits per heavy atom. The molecule has 1 aliphatic heterocycles. The van der Waals surface area contributed by atoms with Gasteiger partial charge in [0.1, 0.15) is 0 Å². The van der Waals surface area contributed by atoms with Gasteiger partial charge in [-0.2, -0.15) is 0 Å². The van der Waals surface area contributed by atoms with Gasteiger partial charge in [0.15, 0.2) is 0 Å². The number of benzene rings is 1. The number of aliphatic hydroxyl groups is 1. The molecule has 0 radical (unpaired) electrons. The Kier molecular flexibility index (Phi) is 4.74. The maximum absolute atomic E-state index is 9.42. The van der Waals surface area contributed by atoms with Gasteiger partial charge in [-0.25, -0.2) is 0 Å². The lowest BCUT2D eigenvalue weighted by Gasteiger charge is -2.31. The fourth-order valence-corrected chi connectivity index (χ4v) is 1.99. The van der Waals surface area contributed by atoms with Crippen LogP contribution in [-0.4, -0.2) is 49.0 Å². The third-order valence-electron chi connectivity index (χ3n) is 3.01. The first-order valence-electron chi connectivity index (χ1n) is 6.06. The number of nitrogens with zero attached hydrogens (tertiary/aromatic N) is 1. The molecular weight excluding hydrogens is 214 g/mol. The van der Waals surface area contributed by atoms with Crippen molar-refractivity contribution in [3.8, 4) is 0 Å². The summed E-state index contributed by atoms with van der Waals surface area (Å²) in [6.45, 7) is 3.46. The number of hydrogen-bond donors (Lipinski definition) is 1. The van der Waals surface area contributed by atoms with Crippen molar-refractivity contribution >= 4 is 6.08 Å². The Morgan fingerprint density at radius 2 is 1.94 bits per heavy atom. The van der Waals surface area contributed by atoms with Gasteiger partial charge in [-0.1, -0.05) is 42.5 Å². The fraction of sp³-hybridized carbons (Fsp3) is 0.429. The molecule has 0 aliphatic carbocycles. The maximum atomic E-state index is 9.42. The van der Waals surface area contributed by atoms with Crippen molar-refractivity contribution in [2.75, 3.05) is 32.9 Å². The van der Waals surface area contributed by atoms with E-state index >= 15 is 0 Å². The first-order valence-corrected chi connectivity index (χ1v) is 6.06. The normalized spacial score (nSPS) is 19.6. The number of morpholine rings is 1. The second-order valence-corrected chi connectivity index (χ2v) is 4.17. The molecule has 1 saturated heterocycles. The lowest BCUT2D eigenvalue weighted by molar-refractivity contribution is 0.0148. The third kappa shape index (κ3) is 3.66. The van der Waals surface area contributed by atoms with Crippen LogP contribution in [0.3, 0.4) is 0 Å². The van der Waals surface area contributed by atoms with Gasteiger partial charge in [-0.05, 0) is 5.56 Å². The molecule has 0 saturated carbocycles. The smallest absolute Gasteiger partial charge is 0.0622 e. The molecule has 3 nitrogen and oxygen atoms in total. The first-order chi connectivity index (χ1) is 8.40. The molecule has 1 aromatic rings. The quantitative estimate of drug-likeness (QED) is 0.853. The van der Waals surface area contributed by atoms with E-state index in [1.807, 2.05) is 18.2 Å². The summed E-state index contributed by atoms with van der Waals surface area (Å²) in [6.07, 6.45) is 4.14. The molecule has 1 N–H and O–H groups in total. The molecule has 1 atom stereocenters. The molecule has 0 aromatic heterocycles. The Morgan fingerprint density at radius 1 is 1.24 bits per heavy atom. The van der Waals surface area contributed by atoms with Crippen molar-refractivity contribution < 1.29 is 9.84 Å². The molecule has 0 amide bonds. The van der Waals surface area contributed by atoms with E-state index in [1.54, 1.807) is 0 Å². The number of aliphatic hydroxyl groups excluding tert-OH is 1. The van der Waals surface area contributed by atoms with Crippen molar-refractivity contribution in [1.29, 1.82) is 0 Å². The minimum atomic E-state index is 0.0964. The summed E-state index contributed by atoms with van der Waals surface area (Å²) in [5, 5.41) is 9.42. The monoisotopic (exact) mass is 233 g/mol. The minimum absolute atomic E-state index is 0.0964. The predicted octanol–water partition coefficient (Wildman–Crippen LogP) is 1.39. The third-order valence-corrected chi connectivity index (χ3v) is 3.01. The van der Waals surface area contributed by atoms with Crippen LogP contribution in [0.15, 0.2) is 36.4 Å². The molecular formula is C14H19NO2. The Labute approximate surface area is 102 Å². The molecule has 1 aliphatic rings. The highest BCUT2D eigenvalue weighted by molar-refractivity contribution is 5.49. The Hall–Kier alpha value is -1.16. The molecule has 17 heavy (non-hydrogen) atoms. The average Bonchev–Trinajstić information content (AvgIpc) is 2.42. The van der Waals surface area contributed by atoms with Crippen molar-refractivity contribution in [2.45, 2.75) is 6.04 Å². The van der Waals surface area contributed by atoms with E-state index in [0.29, 0.717) is 0 Å². The minimum Gasteiger partial charge on any atom is -0.394 e. The Bertz CT molecular complexity index is 344. The molecule has 2 rings (SSSR count). The summed E-state index contributed by atoms with van der Waals surface area (Å²) in [7, 11) is 0. The van der Waals surface area contributed by atoms with Crippen LogP contribution in [0.2, 0.25) is 0 Å². The SMILES string of the molecule is OCC(/C=C/c1ccccc1)N1CCOCC1. The van der Waals surface area contributed by atoms with Crippen LogP contribution in [0, 0.1) is 0 Å². The second kappa shape index (κ2) is 6.55. The largest absolute Gasteiger partial charge is 0.394 e. The second-order valence-electron chi connectivity index (χ2n) is 4.17. The molecule has 1 heterocycles. The number of ether oxygens (including phenoxy) is 1. The zero-order valence-electron chi connectivity index (χ0n) is 9.96. The van der Waals surface area contributed by atoms with Crippen molar-refractivity contribution in [3.05, 3.63) is 42.0 Å². The fourth-order valence-electron chi connectivity index (χ4n) is 1.99. The number of rotatable bonds is 4. The first kappa shape index (κ1) is 12.3. The van der Waals surface area contributed by atoms with E-state index in [-0.39, 0.29) is 12.6 Å². The maximum Gasteiger partial charge on any atom is 0.0622 e. The van der Waals surface area contributed by atoms with Gasteiger partial charge < -0.3 is 9.84 Å². The zero-order valence-corrected chi connectivity index (χ0v) is 9.96. The lowest BCUT2D eigenvalue weighted by atomic mass is 10.1. The lowest BCUT2D eigenvalue weighted by Crippen LogP contribution is -2.44. The number of hydrogen-bond acceptors (Lipinski definition) is 3. The summed E-state index contributed by atoms with van der Waals surface area (Å²) < 4.78 is 5.31. The molecule has 0 bridgehead atoms. The highest BCUT2D eigenvalue weighted by atomic mass is 16.5. The highest BCUT2D eigenvalue weighted by Gasteiger charge is 2.17. The van der Waals surface area contributed by atoms with Gasteiger partial charge in [0.25, 0.3) is 0 Å². The van der Waals surface area contributed by atoms with Gasteiger partial charge in [0, 0.05) is 13.1 Å². The van der Waals surface area contributed by atoms with E-state index in [2.05, 4.69) is 29.2 Å². The summed E-state index contributed by atoms with van der Waals surface area (Å²) in [4.78, 5) is 2.25. The topological polar surface area (TPSA) is 32.7 Å². The highest BCUT2D eigenvalue weighted by Crippen LogP contribution is 2.08.